The molecule has 2 aliphatic rings. The number of benzene rings is 1. The molecule has 0 radical (unpaired) electrons. The van der Waals surface area contributed by atoms with Crippen LogP contribution in [0.5, 0.6) is 0 Å². The van der Waals surface area contributed by atoms with Crippen LogP contribution < -0.4 is 0 Å². The van der Waals surface area contributed by atoms with Crippen molar-refractivity contribution in [3.63, 3.8) is 0 Å². The molecule has 0 aromatic heterocycles. The summed E-state index contributed by atoms with van der Waals surface area (Å²) < 4.78 is 0. The Labute approximate surface area is 156 Å². The number of nitro groups is 1. The van der Waals surface area contributed by atoms with Gasteiger partial charge >= 0.3 is 0 Å². The molecule has 1 saturated heterocycles. The van der Waals surface area contributed by atoms with E-state index in [2.05, 4.69) is 0 Å². The van der Waals surface area contributed by atoms with Crippen LogP contribution >= 0.6 is 11.8 Å². The quantitative estimate of drug-likeness (QED) is 0.458. The molecule has 1 heterocycles. The van der Waals surface area contributed by atoms with Gasteiger partial charge in [-0.1, -0.05) is 12.8 Å². The third-order valence-corrected chi connectivity index (χ3v) is 5.94. The van der Waals surface area contributed by atoms with Crippen molar-refractivity contribution in [1.82, 2.24) is 9.80 Å². The Hall–Kier alpha value is -2.09. The maximum Gasteiger partial charge on any atom is 0.282 e. The number of thioether (sulfide) groups is 1. The van der Waals surface area contributed by atoms with Crippen LogP contribution in [0.3, 0.4) is 0 Å². The summed E-state index contributed by atoms with van der Waals surface area (Å²) >= 11 is 1.44. The van der Waals surface area contributed by atoms with Crippen LogP contribution in [-0.4, -0.2) is 59.0 Å². The fraction of sp³-hybridized carbons (Fsp3) is 0.556. The number of carbonyl (C=O) groups is 2. The number of nitro benzene ring substituents is 1. The molecule has 140 valence electrons. The van der Waals surface area contributed by atoms with Crippen molar-refractivity contribution < 1.29 is 14.5 Å². The number of rotatable bonds is 4. The zero-order valence-corrected chi connectivity index (χ0v) is 15.7. The van der Waals surface area contributed by atoms with Gasteiger partial charge in [0.05, 0.1) is 4.92 Å². The summed E-state index contributed by atoms with van der Waals surface area (Å²) in [5.41, 5.74) is -0.0466. The third-order valence-electron chi connectivity index (χ3n) is 5.21. The summed E-state index contributed by atoms with van der Waals surface area (Å²) in [5, 5.41) is 11.3. The van der Waals surface area contributed by atoms with E-state index < -0.39 is 4.92 Å². The summed E-state index contributed by atoms with van der Waals surface area (Å²) in [6.45, 7) is 1.82. The average Bonchev–Trinajstić information content (AvgIpc) is 3.21. The number of carbonyl (C=O) groups excluding carboxylic acids is 2. The molecule has 0 atom stereocenters. The maximum atomic E-state index is 12.8. The minimum Gasteiger partial charge on any atom is -0.339 e. The molecular weight excluding hydrogens is 354 g/mol. The van der Waals surface area contributed by atoms with Crippen LogP contribution in [0.2, 0.25) is 0 Å². The summed E-state index contributed by atoms with van der Waals surface area (Å²) in [5.74, 6) is 0.00197. The highest BCUT2D eigenvalue weighted by molar-refractivity contribution is 7.98. The summed E-state index contributed by atoms with van der Waals surface area (Å²) in [7, 11) is 0. The number of amides is 2. The van der Waals surface area contributed by atoms with Crippen molar-refractivity contribution >= 4 is 29.3 Å². The zero-order chi connectivity index (χ0) is 18.7. The van der Waals surface area contributed by atoms with Gasteiger partial charge in [0.2, 0.25) is 5.91 Å². The van der Waals surface area contributed by atoms with E-state index in [1.54, 1.807) is 17.0 Å². The zero-order valence-electron chi connectivity index (χ0n) is 14.8. The van der Waals surface area contributed by atoms with Gasteiger partial charge < -0.3 is 9.80 Å². The van der Waals surface area contributed by atoms with Crippen molar-refractivity contribution in [2.45, 2.75) is 30.6 Å². The number of nitrogens with zero attached hydrogens (tertiary/aromatic N) is 3. The lowest BCUT2D eigenvalue weighted by molar-refractivity contribution is -0.385. The van der Waals surface area contributed by atoms with Gasteiger partial charge in [0.25, 0.3) is 11.6 Å². The van der Waals surface area contributed by atoms with Gasteiger partial charge in [-0.05, 0) is 31.2 Å². The fourth-order valence-corrected chi connectivity index (χ4v) is 4.14. The van der Waals surface area contributed by atoms with Crippen LogP contribution in [0, 0.1) is 16.0 Å². The van der Waals surface area contributed by atoms with Crippen LogP contribution in [0.4, 0.5) is 5.69 Å². The SMILES string of the molecule is CSc1ccc([N+](=O)[O-])c(C(=O)N2CCN(C(=O)C3CCCC3)CC2)c1. The Kier molecular flexibility index (Phi) is 5.80. The largest absolute Gasteiger partial charge is 0.339 e. The predicted octanol–water partition coefficient (Wildman–Crippen LogP) is 2.79. The van der Waals surface area contributed by atoms with Crippen LogP contribution in [0.1, 0.15) is 36.0 Å². The summed E-state index contributed by atoms with van der Waals surface area (Å²) in [4.78, 5) is 40.4. The van der Waals surface area contributed by atoms with E-state index in [1.165, 1.54) is 17.8 Å². The molecule has 0 spiro atoms. The third kappa shape index (κ3) is 3.85. The van der Waals surface area contributed by atoms with Crippen LogP contribution in [0.25, 0.3) is 0 Å². The first kappa shape index (κ1) is 18.7. The second-order valence-corrected chi connectivity index (χ2v) is 7.62. The Bertz CT molecular complexity index is 710. The van der Waals surface area contributed by atoms with Crippen LogP contribution in [0.15, 0.2) is 23.1 Å². The van der Waals surface area contributed by atoms with Crippen molar-refractivity contribution in [3.05, 3.63) is 33.9 Å². The minimum atomic E-state index is -0.517. The molecule has 3 rings (SSSR count). The molecule has 1 aromatic carbocycles. The number of hydrogen-bond acceptors (Lipinski definition) is 5. The van der Waals surface area contributed by atoms with Crippen LogP contribution in [-0.2, 0) is 4.79 Å². The van der Waals surface area contributed by atoms with Crippen molar-refractivity contribution in [1.29, 1.82) is 0 Å². The van der Waals surface area contributed by atoms with Gasteiger partial charge in [0.1, 0.15) is 5.56 Å². The Morgan fingerprint density at radius 2 is 1.73 bits per heavy atom. The number of piperazine rings is 1. The maximum absolute atomic E-state index is 12.8. The average molecular weight is 377 g/mol. The first-order valence-electron chi connectivity index (χ1n) is 8.91. The van der Waals surface area contributed by atoms with Gasteiger partial charge in [-0.25, -0.2) is 0 Å². The lowest BCUT2D eigenvalue weighted by Crippen LogP contribution is -2.51. The molecule has 8 heteroatoms. The van der Waals surface area contributed by atoms with E-state index >= 15 is 0 Å². The smallest absolute Gasteiger partial charge is 0.282 e. The van der Waals surface area contributed by atoms with Gasteiger partial charge in [0, 0.05) is 43.1 Å². The lowest BCUT2D eigenvalue weighted by Gasteiger charge is -2.36. The van der Waals surface area contributed by atoms with E-state index in [0.717, 1.165) is 30.6 Å². The van der Waals surface area contributed by atoms with Gasteiger partial charge in [-0.15, -0.1) is 11.8 Å². The Balaban J connectivity index is 1.68. The molecule has 0 bridgehead atoms. The molecular formula is C18H23N3O4S. The standard InChI is InChI=1S/C18H23N3O4S/c1-26-14-6-7-16(21(24)25)15(12-14)18(23)20-10-8-19(9-11-20)17(22)13-4-2-3-5-13/h6-7,12-13H,2-5,8-11H2,1H3. The normalized spacial score (nSPS) is 18.2. The first-order valence-corrected chi connectivity index (χ1v) is 10.1. The Morgan fingerprint density at radius 3 is 2.31 bits per heavy atom. The minimum absolute atomic E-state index is 0.123. The highest BCUT2D eigenvalue weighted by atomic mass is 32.2. The molecule has 1 aliphatic carbocycles. The highest BCUT2D eigenvalue weighted by Gasteiger charge is 2.32. The lowest BCUT2D eigenvalue weighted by atomic mass is 10.1. The molecule has 7 nitrogen and oxygen atoms in total. The second kappa shape index (κ2) is 8.07. The van der Waals surface area contributed by atoms with Gasteiger partial charge in [-0.3, -0.25) is 19.7 Å². The molecule has 1 aromatic rings. The molecule has 2 amide bonds. The molecule has 26 heavy (non-hydrogen) atoms. The second-order valence-electron chi connectivity index (χ2n) is 6.74. The topological polar surface area (TPSA) is 83.8 Å². The molecule has 0 N–H and O–H groups in total. The molecule has 1 aliphatic heterocycles. The van der Waals surface area contributed by atoms with E-state index in [4.69, 9.17) is 0 Å². The molecule has 1 saturated carbocycles. The Morgan fingerprint density at radius 1 is 1.12 bits per heavy atom. The van der Waals surface area contributed by atoms with Gasteiger partial charge in [-0.2, -0.15) is 0 Å². The van der Waals surface area contributed by atoms with Crippen molar-refractivity contribution in [2.75, 3.05) is 32.4 Å². The predicted molar refractivity (Wildman–Crippen MR) is 99.3 cm³/mol. The van der Waals surface area contributed by atoms with Crippen molar-refractivity contribution in [3.8, 4) is 0 Å². The monoisotopic (exact) mass is 377 g/mol. The first-order chi connectivity index (χ1) is 12.5. The number of hydrogen-bond donors (Lipinski definition) is 0. The van der Waals surface area contributed by atoms with Crippen molar-refractivity contribution in [2.24, 2.45) is 5.92 Å². The summed E-state index contributed by atoms with van der Waals surface area (Å²) in [6, 6.07) is 4.62. The summed E-state index contributed by atoms with van der Waals surface area (Å²) in [6.07, 6.45) is 6.02. The van der Waals surface area contributed by atoms with E-state index in [9.17, 15) is 19.7 Å². The van der Waals surface area contributed by atoms with E-state index in [-0.39, 0.29) is 29.0 Å². The molecule has 0 unspecified atom stereocenters. The van der Waals surface area contributed by atoms with Gasteiger partial charge in [0.15, 0.2) is 0 Å². The molecule has 2 fully saturated rings. The fourth-order valence-electron chi connectivity index (χ4n) is 3.70. The van der Waals surface area contributed by atoms with E-state index in [1.807, 2.05) is 11.2 Å². The highest BCUT2D eigenvalue weighted by Crippen LogP contribution is 2.28. The van der Waals surface area contributed by atoms with E-state index in [0.29, 0.717) is 26.2 Å².